The Hall–Kier alpha value is -0.920. The third-order valence-electron chi connectivity index (χ3n) is 3.61. The van der Waals surface area contributed by atoms with Crippen LogP contribution in [0.5, 0.6) is 0 Å². The van der Waals surface area contributed by atoms with E-state index in [2.05, 4.69) is 22.2 Å². The fourth-order valence-corrected chi connectivity index (χ4v) is 5.32. The molecule has 1 aliphatic rings. The van der Waals surface area contributed by atoms with Gasteiger partial charge in [-0.3, -0.25) is 0 Å². The molecule has 3 rings (SSSR count). The van der Waals surface area contributed by atoms with Crippen LogP contribution in [0.1, 0.15) is 27.1 Å². The topological polar surface area (TPSA) is 58.2 Å². The highest BCUT2D eigenvalue weighted by atomic mass is 35.5. The average molecular weight is 359 g/mol. The molecule has 22 heavy (non-hydrogen) atoms. The molecule has 2 N–H and O–H groups in total. The molecule has 0 saturated carbocycles. The maximum absolute atomic E-state index is 12.4. The van der Waals surface area contributed by atoms with Gasteiger partial charge in [-0.25, -0.2) is 13.1 Å². The van der Waals surface area contributed by atoms with Crippen molar-refractivity contribution in [3.05, 3.63) is 51.4 Å². The highest BCUT2D eigenvalue weighted by Gasteiger charge is 2.19. The average Bonchev–Trinajstić information content (AvgIpc) is 3.02. The van der Waals surface area contributed by atoms with Crippen molar-refractivity contribution in [2.75, 3.05) is 0 Å². The monoisotopic (exact) mass is 358 g/mol. The third kappa shape index (κ3) is 3.52. The molecule has 4 nitrogen and oxygen atoms in total. The molecule has 0 radical (unpaired) electrons. The zero-order chi connectivity index (χ0) is 15.0. The first-order valence-electron chi connectivity index (χ1n) is 6.84. The van der Waals surface area contributed by atoms with Gasteiger partial charge in [-0.15, -0.1) is 23.7 Å². The molecule has 2 aromatic rings. The summed E-state index contributed by atoms with van der Waals surface area (Å²) >= 11 is 1.32. The standard InChI is InChI=1S/C15H18N2O2S2.ClH/c1-10-5-11(2)20-15(10)21(18,19)17-7-12-3-4-13-8-16-9-14(13)6-12;/h3-6,16-17H,7-9H2,1-2H3;1H. The molecule has 0 amide bonds. The Morgan fingerprint density at radius 2 is 1.91 bits per heavy atom. The molecule has 1 aromatic heterocycles. The maximum atomic E-state index is 12.4. The van der Waals surface area contributed by atoms with E-state index >= 15 is 0 Å². The van der Waals surface area contributed by atoms with Crippen LogP contribution in [0.4, 0.5) is 0 Å². The highest BCUT2D eigenvalue weighted by Crippen LogP contribution is 2.26. The lowest BCUT2D eigenvalue weighted by atomic mass is 10.1. The number of benzene rings is 1. The minimum atomic E-state index is -3.43. The van der Waals surface area contributed by atoms with Crippen LogP contribution in [0.15, 0.2) is 28.5 Å². The Labute approximate surface area is 141 Å². The van der Waals surface area contributed by atoms with E-state index in [9.17, 15) is 8.42 Å². The van der Waals surface area contributed by atoms with E-state index in [4.69, 9.17) is 0 Å². The summed E-state index contributed by atoms with van der Waals surface area (Å²) in [6.45, 7) is 5.84. The number of halogens is 1. The molecule has 120 valence electrons. The van der Waals surface area contributed by atoms with Crippen molar-refractivity contribution < 1.29 is 8.42 Å². The number of fused-ring (bicyclic) bond motifs is 1. The molecular formula is C15H19ClN2O2S2. The van der Waals surface area contributed by atoms with Crippen molar-refractivity contribution in [3.8, 4) is 0 Å². The second-order valence-corrected chi connectivity index (χ2v) is 8.58. The second kappa shape index (κ2) is 6.68. The molecule has 0 aliphatic carbocycles. The number of nitrogens with one attached hydrogen (secondary N) is 2. The van der Waals surface area contributed by atoms with Gasteiger partial charge in [0.25, 0.3) is 10.0 Å². The molecular weight excluding hydrogens is 340 g/mol. The number of sulfonamides is 1. The van der Waals surface area contributed by atoms with Crippen LogP contribution in [-0.4, -0.2) is 8.42 Å². The van der Waals surface area contributed by atoms with E-state index in [1.54, 1.807) is 0 Å². The number of hydrogen-bond acceptors (Lipinski definition) is 4. The summed E-state index contributed by atoms with van der Waals surface area (Å²) in [5, 5.41) is 3.29. The van der Waals surface area contributed by atoms with Gasteiger partial charge in [0.1, 0.15) is 4.21 Å². The lowest BCUT2D eigenvalue weighted by Gasteiger charge is -2.07. The Kier molecular flexibility index (Phi) is 5.29. The number of hydrogen-bond donors (Lipinski definition) is 2. The SMILES string of the molecule is Cc1cc(C)c(S(=O)(=O)NCc2ccc3c(c2)CNC3)s1.Cl. The van der Waals surface area contributed by atoms with E-state index in [1.807, 2.05) is 26.0 Å². The molecule has 0 spiro atoms. The van der Waals surface area contributed by atoms with Gasteiger partial charge in [0.05, 0.1) is 0 Å². The summed E-state index contributed by atoms with van der Waals surface area (Å²) < 4.78 is 27.8. The predicted octanol–water partition coefficient (Wildman–Crippen LogP) is 2.87. The fraction of sp³-hybridized carbons (Fsp3) is 0.333. The van der Waals surface area contributed by atoms with Gasteiger partial charge in [-0.2, -0.15) is 0 Å². The normalized spacial score (nSPS) is 13.7. The summed E-state index contributed by atoms with van der Waals surface area (Å²) in [4.78, 5) is 1.01. The van der Waals surface area contributed by atoms with E-state index < -0.39 is 10.0 Å². The smallest absolute Gasteiger partial charge is 0.250 e. The van der Waals surface area contributed by atoms with Crippen LogP contribution in [0, 0.1) is 13.8 Å². The molecule has 0 saturated heterocycles. The Morgan fingerprint density at radius 1 is 1.18 bits per heavy atom. The van der Waals surface area contributed by atoms with Crippen molar-refractivity contribution in [1.29, 1.82) is 0 Å². The van der Waals surface area contributed by atoms with Gasteiger partial charge < -0.3 is 5.32 Å². The Balaban J connectivity index is 0.00000176. The quantitative estimate of drug-likeness (QED) is 0.883. The first kappa shape index (κ1) is 17.4. The lowest BCUT2D eigenvalue weighted by Crippen LogP contribution is -2.23. The Bertz CT molecular complexity index is 785. The molecule has 0 fully saturated rings. The van der Waals surface area contributed by atoms with Crippen LogP contribution in [-0.2, 0) is 29.7 Å². The lowest BCUT2D eigenvalue weighted by molar-refractivity contribution is 0.583. The minimum Gasteiger partial charge on any atom is -0.309 e. The van der Waals surface area contributed by atoms with Gasteiger partial charge in [0, 0.05) is 24.5 Å². The van der Waals surface area contributed by atoms with Crippen molar-refractivity contribution in [2.24, 2.45) is 0 Å². The summed E-state index contributed by atoms with van der Waals surface area (Å²) in [6, 6.07) is 8.03. The molecule has 2 heterocycles. The summed E-state index contributed by atoms with van der Waals surface area (Å²) in [5.74, 6) is 0. The number of thiophene rings is 1. The summed E-state index contributed by atoms with van der Waals surface area (Å²) in [7, 11) is -3.43. The Morgan fingerprint density at radius 3 is 2.59 bits per heavy atom. The summed E-state index contributed by atoms with van der Waals surface area (Å²) in [5.41, 5.74) is 4.36. The molecule has 7 heteroatoms. The maximum Gasteiger partial charge on any atom is 0.250 e. The summed E-state index contributed by atoms with van der Waals surface area (Å²) in [6.07, 6.45) is 0. The highest BCUT2D eigenvalue weighted by molar-refractivity contribution is 7.91. The number of rotatable bonds is 4. The zero-order valence-electron chi connectivity index (χ0n) is 12.5. The molecule has 1 aliphatic heterocycles. The molecule has 0 atom stereocenters. The van der Waals surface area contributed by atoms with Gasteiger partial charge in [-0.1, -0.05) is 18.2 Å². The van der Waals surface area contributed by atoms with Crippen molar-refractivity contribution in [3.63, 3.8) is 0 Å². The van der Waals surface area contributed by atoms with E-state index in [0.29, 0.717) is 10.8 Å². The van der Waals surface area contributed by atoms with Crippen LogP contribution in [0.3, 0.4) is 0 Å². The van der Waals surface area contributed by atoms with Crippen LogP contribution in [0.2, 0.25) is 0 Å². The molecule has 0 unspecified atom stereocenters. The molecule has 0 bridgehead atoms. The second-order valence-electron chi connectivity index (χ2n) is 5.36. The van der Waals surface area contributed by atoms with Crippen molar-refractivity contribution >= 4 is 33.8 Å². The first-order valence-corrected chi connectivity index (χ1v) is 9.14. The first-order chi connectivity index (χ1) is 9.95. The number of aryl methyl sites for hydroxylation is 2. The van der Waals surface area contributed by atoms with Crippen molar-refractivity contribution in [2.45, 2.75) is 37.7 Å². The largest absolute Gasteiger partial charge is 0.309 e. The van der Waals surface area contributed by atoms with Crippen molar-refractivity contribution in [1.82, 2.24) is 10.0 Å². The van der Waals surface area contributed by atoms with E-state index in [0.717, 1.165) is 29.1 Å². The van der Waals surface area contributed by atoms with Gasteiger partial charge in [0.2, 0.25) is 0 Å². The third-order valence-corrected chi connectivity index (χ3v) is 6.80. The minimum absolute atomic E-state index is 0. The molecule has 1 aromatic carbocycles. The van der Waals surface area contributed by atoms with E-state index in [-0.39, 0.29) is 12.4 Å². The van der Waals surface area contributed by atoms with Gasteiger partial charge in [0.15, 0.2) is 0 Å². The predicted molar refractivity (Wildman–Crippen MR) is 92.1 cm³/mol. The zero-order valence-corrected chi connectivity index (χ0v) is 14.9. The van der Waals surface area contributed by atoms with E-state index in [1.165, 1.54) is 22.5 Å². The van der Waals surface area contributed by atoms with Gasteiger partial charge in [-0.05, 0) is 42.2 Å². The van der Waals surface area contributed by atoms with Crippen LogP contribution < -0.4 is 10.0 Å². The van der Waals surface area contributed by atoms with Crippen LogP contribution >= 0.6 is 23.7 Å². The van der Waals surface area contributed by atoms with Gasteiger partial charge >= 0.3 is 0 Å². The van der Waals surface area contributed by atoms with Crippen LogP contribution in [0.25, 0.3) is 0 Å². The fourth-order valence-electron chi connectivity index (χ4n) is 2.59.